The van der Waals surface area contributed by atoms with Crippen molar-refractivity contribution in [1.29, 1.82) is 0 Å². The van der Waals surface area contributed by atoms with Gasteiger partial charge in [0, 0.05) is 36.4 Å². The van der Waals surface area contributed by atoms with Crippen LogP contribution in [0.25, 0.3) is 11.0 Å². The molecule has 1 saturated heterocycles. The molecule has 3 rings (SSSR count). The molecular weight excluding hydrogens is 334 g/mol. The Balaban J connectivity index is 1.85. The number of carbonyl (C=O) groups is 1. The minimum Gasteiger partial charge on any atom is -0.371 e. The van der Waals surface area contributed by atoms with Gasteiger partial charge in [0.15, 0.2) is 0 Å². The molecular formula is C15H16BrN3O2. The summed E-state index contributed by atoms with van der Waals surface area (Å²) in [5, 5.41) is 0.727. The van der Waals surface area contributed by atoms with Gasteiger partial charge in [-0.05, 0) is 25.1 Å². The van der Waals surface area contributed by atoms with Crippen LogP contribution >= 0.6 is 15.9 Å². The number of nitrogens with zero attached hydrogens (tertiary/aromatic N) is 3. The van der Waals surface area contributed by atoms with Gasteiger partial charge in [-0.1, -0.05) is 15.9 Å². The number of fused-ring (bicyclic) bond motifs is 1. The number of carbonyl (C=O) groups excluding carboxylic acids is 1. The van der Waals surface area contributed by atoms with E-state index in [4.69, 9.17) is 4.74 Å². The van der Waals surface area contributed by atoms with Gasteiger partial charge in [0.1, 0.15) is 0 Å². The average Bonchev–Trinajstić information content (AvgIpc) is 2.53. The van der Waals surface area contributed by atoms with Crippen LogP contribution < -0.4 is 0 Å². The van der Waals surface area contributed by atoms with Crippen molar-refractivity contribution in [2.45, 2.75) is 19.1 Å². The zero-order valence-electron chi connectivity index (χ0n) is 11.7. The summed E-state index contributed by atoms with van der Waals surface area (Å²) in [4.78, 5) is 23.0. The lowest BCUT2D eigenvalue weighted by Crippen LogP contribution is -2.49. The van der Waals surface area contributed by atoms with Crippen molar-refractivity contribution in [2.75, 3.05) is 18.4 Å². The molecule has 1 fully saturated rings. The standard InChI is InChI=1S/C15H16BrN3O2/c1-10-8-19(9-12(7-16)21-10)15(20)11-2-3-13-14(6-11)18-5-4-17-13/h2-6,10,12H,7-9H2,1H3. The number of hydrogen-bond acceptors (Lipinski definition) is 4. The molecule has 1 amide bonds. The molecule has 6 heteroatoms. The largest absolute Gasteiger partial charge is 0.371 e. The highest BCUT2D eigenvalue weighted by Crippen LogP contribution is 2.18. The normalized spacial score (nSPS) is 22.5. The van der Waals surface area contributed by atoms with E-state index < -0.39 is 0 Å². The lowest BCUT2D eigenvalue weighted by molar-refractivity contribution is -0.0559. The first-order valence-electron chi connectivity index (χ1n) is 6.89. The van der Waals surface area contributed by atoms with Crippen molar-refractivity contribution in [3.63, 3.8) is 0 Å². The first-order valence-corrected chi connectivity index (χ1v) is 8.01. The van der Waals surface area contributed by atoms with Crippen molar-refractivity contribution >= 4 is 32.9 Å². The fraction of sp³-hybridized carbons (Fsp3) is 0.400. The molecule has 0 N–H and O–H groups in total. The molecule has 5 nitrogen and oxygen atoms in total. The van der Waals surface area contributed by atoms with Gasteiger partial charge in [-0.2, -0.15) is 0 Å². The molecule has 0 spiro atoms. The fourth-order valence-electron chi connectivity index (χ4n) is 2.58. The summed E-state index contributed by atoms with van der Waals surface area (Å²) in [6.45, 7) is 3.20. The second-order valence-corrected chi connectivity index (χ2v) is 5.84. The number of halogens is 1. The Morgan fingerprint density at radius 2 is 2.10 bits per heavy atom. The predicted molar refractivity (Wildman–Crippen MR) is 83.6 cm³/mol. The van der Waals surface area contributed by atoms with Gasteiger partial charge in [-0.15, -0.1) is 0 Å². The van der Waals surface area contributed by atoms with Gasteiger partial charge in [-0.3, -0.25) is 14.8 Å². The molecule has 2 heterocycles. The Labute approximate surface area is 131 Å². The van der Waals surface area contributed by atoms with E-state index in [0.29, 0.717) is 18.7 Å². The molecule has 2 unspecified atom stereocenters. The van der Waals surface area contributed by atoms with E-state index in [1.165, 1.54) is 0 Å². The number of morpholine rings is 1. The van der Waals surface area contributed by atoms with Crippen molar-refractivity contribution in [3.05, 3.63) is 36.2 Å². The zero-order chi connectivity index (χ0) is 14.8. The number of rotatable bonds is 2. The minimum atomic E-state index is 0.0173. The number of ether oxygens (including phenoxy) is 1. The summed E-state index contributed by atoms with van der Waals surface area (Å²) in [6, 6.07) is 5.44. The molecule has 1 aromatic heterocycles. The summed E-state index contributed by atoms with van der Waals surface area (Å²) >= 11 is 3.42. The summed E-state index contributed by atoms with van der Waals surface area (Å²) in [5.41, 5.74) is 2.18. The molecule has 0 aliphatic carbocycles. The fourth-order valence-corrected chi connectivity index (χ4v) is 2.93. The van der Waals surface area contributed by atoms with Crippen LogP contribution in [-0.2, 0) is 4.74 Å². The number of hydrogen-bond donors (Lipinski definition) is 0. The highest BCUT2D eigenvalue weighted by atomic mass is 79.9. The second-order valence-electron chi connectivity index (χ2n) is 5.19. The first kappa shape index (κ1) is 14.4. The van der Waals surface area contributed by atoms with Crippen LogP contribution in [0.15, 0.2) is 30.6 Å². The number of aromatic nitrogens is 2. The van der Waals surface area contributed by atoms with Gasteiger partial charge in [-0.25, -0.2) is 0 Å². The molecule has 0 saturated carbocycles. The monoisotopic (exact) mass is 349 g/mol. The van der Waals surface area contributed by atoms with E-state index in [1.54, 1.807) is 18.5 Å². The van der Waals surface area contributed by atoms with E-state index in [9.17, 15) is 4.79 Å². The Morgan fingerprint density at radius 1 is 1.33 bits per heavy atom. The topological polar surface area (TPSA) is 55.3 Å². The summed E-state index contributed by atoms with van der Waals surface area (Å²) in [6.07, 6.45) is 3.37. The van der Waals surface area contributed by atoms with Crippen molar-refractivity contribution in [3.8, 4) is 0 Å². The third-order valence-electron chi connectivity index (χ3n) is 3.50. The third kappa shape index (κ3) is 3.06. The Kier molecular flexibility index (Phi) is 4.17. The number of amides is 1. The summed E-state index contributed by atoms with van der Waals surface area (Å²) in [7, 11) is 0. The highest BCUT2D eigenvalue weighted by molar-refractivity contribution is 9.09. The van der Waals surface area contributed by atoms with Crippen LogP contribution in [-0.4, -0.2) is 51.4 Å². The SMILES string of the molecule is CC1CN(C(=O)c2ccc3nccnc3c2)CC(CBr)O1. The van der Waals surface area contributed by atoms with E-state index in [2.05, 4.69) is 25.9 Å². The van der Waals surface area contributed by atoms with Gasteiger partial charge in [0.05, 0.1) is 23.2 Å². The van der Waals surface area contributed by atoms with Crippen LogP contribution in [0, 0.1) is 0 Å². The van der Waals surface area contributed by atoms with Crippen LogP contribution in [0.4, 0.5) is 0 Å². The van der Waals surface area contributed by atoms with Gasteiger partial charge < -0.3 is 9.64 Å². The highest BCUT2D eigenvalue weighted by Gasteiger charge is 2.28. The van der Waals surface area contributed by atoms with Crippen molar-refractivity contribution in [2.24, 2.45) is 0 Å². The zero-order valence-corrected chi connectivity index (χ0v) is 13.3. The number of alkyl halides is 1. The summed E-state index contributed by atoms with van der Waals surface area (Å²) in [5.74, 6) is 0.0173. The van der Waals surface area contributed by atoms with Gasteiger partial charge in [0.2, 0.25) is 0 Å². The Morgan fingerprint density at radius 3 is 2.86 bits per heavy atom. The Hall–Kier alpha value is -1.53. The lowest BCUT2D eigenvalue weighted by Gasteiger charge is -2.36. The van der Waals surface area contributed by atoms with Crippen LogP contribution in [0.5, 0.6) is 0 Å². The van der Waals surface area contributed by atoms with Crippen molar-refractivity contribution < 1.29 is 9.53 Å². The molecule has 1 aromatic carbocycles. The summed E-state index contributed by atoms with van der Waals surface area (Å²) < 4.78 is 5.76. The minimum absolute atomic E-state index is 0.0173. The van der Waals surface area contributed by atoms with Crippen molar-refractivity contribution in [1.82, 2.24) is 14.9 Å². The van der Waals surface area contributed by atoms with Gasteiger partial charge >= 0.3 is 0 Å². The lowest BCUT2D eigenvalue weighted by atomic mass is 10.1. The molecule has 1 aliphatic rings. The first-order chi connectivity index (χ1) is 10.2. The molecule has 1 aliphatic heterocycles. The molecule has 0 bridgehead atoms. The van der Waals surface area contributed by atoms with Crippen LogP contribution in [0.3, 0.4) is 0 Å². The smallest absolute Gasteiger partial charge is 0.254 e. The molecule has 21 heavy (non-hydrogen) atoms. The van der Waals surface area contributed by atoms with E-state index in [1.807, 2.05) is 24.0 Å². The maximum Gasteiger partial charge on any atom is 0.254 e. The number of benzene rings is 1. The van der Waals surface area contributed by atoms with Gasteiger partial charge in [0.25, 0.3) is 5.91 Å². The maximum atomic E-state index is 12.7. The van der Waals surface area contributed by atoms with E-state index in [-0.39, 0.29) is 18.1 Å². The maximum absolute atomic E-state index is 12.7. The quantitative estimate of drug-likeness (QED) is 0.780. The molecule has 2 atom stereocenters. The third-order valence-corrected chi connectivity index (χ3v) is 4.22. The molecule has 110 valence electrons. The van der Waals surface area contributed by atoms with E-state index in [0.717, 1.165) is 16.4 Å². The van der Waals surface area contributed by atoms with E-state index >= 15 is 0 Å². The van der Waals surface area contributed by atoms with Crippen LogP contribution in [0.1, 0.15) is 17.3 Å². The Bertz CT molecular complexity index is 664. The second kappa shape index (κ2) is 6.07. The molecule has 0 radical (unpaired) electrons. The predicted octanol–water partition coefficient (Wildman–Crippen LogP) is 2.25. The van der Waals surface area contributed by atoms with Crippen LogP contribution in [0.2, 0.25) is 0 Å². The average molecular weight is 350 g/mol. The molecule has 2 aromatic rings.